The average Bonchev–Trinajstić information content (AvgIpc) is 4.05. The smallest absolute Gasteiger partial charge is 0.451 e. The molecule has 4 aromatic heterocycles. The molecule has 4 aromatic carbocycles. The fourth-order valence-electron chi connectivity index (χ4n) is 8.27. The lowest BCUT2D eigenvalue weighted by Crippen LogP contribution is -2.42. The second-order valence-electron chi connectivity index (χ2n) is 16.4. The molecule has 10 rings (SSSR count). The van der Waals surface area contributed by atoms with E-state index in [1.807, 2.05) is 0 Å². The lowest BCUT2D eigenvalue weighted by Gasteiger charge is -2.34. The van der Waals surface area contributed by atoms with Crippen LogP contribution in [0.1, 0.15) is 92.5 Å². The van der Waals surface area contributed by atoms with Crippen LogP contribution < -0.4 is 16.4 Å². The van der Waals surface area contributed by atoms with Gasteiger partial charge in [0.2, 0.25) is 11.6 Å². The molecule has 0 fully saturated rings. The number of hydrogen-bond donors (Lipinski definition) is 4. The van der Waals surface area contributed by atoms with E-state index in [2.05, 4.69) is 68.5 Å². The maximum atomic E-state index is 14.7. The lowest BCUT2D eigenvalue weighted by atomic mass is 10.0. The van der Waals surface area contributed by atoms with Gasteiger partial charge in [-0.1, -0.05) is 48.5 Å². The number of benzene rings is 4. The number of nitrogens with zero attached hydrogens (tertiary/aromatic N) is 9. The average molecular weight is 1150 g/mol. The zero-order chi connectivity index (χ0) is 54.4. The molecule has 400 valence electrons. The summed E-state index contributed by atoms with van der Waals surface area (Å²) in [5, 5.41) is 40.8. The number of fused-ring (bicyclic) bond motifs is 4. The van der Waals surface area contributed by atoms with Crippen molar-refractivity contribution in [3.05, 3.63) is 174 Å². The Balaban J connectivity index is 0.000000194. The molecule has 0 aliphatic carbocycles. The van der Waals surface area contributed by atoms with E-state index >= 15 is 0 Å². The topological polar surface area (TPSA) is 223 Å². The van der Waals surface area contributed by atoms with E-state index in [0.29, 0.717) is 56.4 Å². The molecule has 76 heavy (non-hydrogen) atoms. The van der Waals surface area contributed by atoms with Crippen molar-refractivity contribution in [1.82, 2.24) is 60.1 Å². The molecule has 2 atom stereocenters. The Labute approximate surface area is 446 Å². The third-order valence-corrected chi connectivity index (χ3v) is 14.0. The van der Waals surface area contributed by atoms with Crippen LogP contribution in [-0.4, -0.2) is 84.9 Å². The van der Waals surface area contributed by atoms with Crippen molar-refractivity contribution in [2.75, 3.05) is 13.1 Å². The fourth-order valence-corrected chi connectivity index (χ4v) is 8.27. The molecule has 1 amide bonds. The minimum Gasteiger partial charge on any atom is -0.478 e. The zero-order valence-corrected chi connectivity index (χ0v) is 43.5. The highest BCUT2D eigenvalue weighted by Crippen LogP contribution is 2.34. The predicted molar refractivity (Wildman–Crippen MR) is 276 cm³/mol. The van der Waals surface area contributed by atoms with Crippen molar-refractivity contribution < 1.29 is 49.8 Å². The summed E-state index contributed by atoms with van der Waals surface area (Å²) in [6.45, 7) is 3.83. The SMILES string of the molecule is CC1NCCn2c1nnc2C(F)(F)F.CC1c2nnc(C(F)(F)F)n2CCN1C(=O)c1cc(Cc2n[nH]c(=O)c3ccccc23)ccc1F.O=C(O)c1cc(Cc2n[nH]c(=O)c3ccccc23)ccc1F.S.S=S=S=S. The highest BCUT2D eigenvalue weighted by Gasteiger charge is 2.42. The number of aromatic nitrogens is 10. The van der Waals surface area contributed by atoms with Crippen LogP contribution in [0, 0.1) is 11.6 Å². The van der Waals surface area contributed by atoms with Crippen LogP contribution in [0.2, 0.25) is 0 Å². The normalized spacial score (nSPS) is 14.8. The van der Waals surface area contributed by atoms with Gasteiger partial charge >= 0.3 is 18.3 Å². The number of H-pyrrole nitrogens is 2. The number of carboxylic acid groups (broad SMARTS) is 1. The second-order valence-corrected chi connectivity index (χ2v) is 20.0. The van der Waals surface area contributed by atoms with Crippen LogP contribution in [0.25, 0.3) is 21.5 Å². The van der Waals surface area contributed by atoms with Crippen LogP contribution in [-0.2, 0) is 78.4 Å². The maximum absolute atomic E-state index is 14.7. The highest BCUT2D eigenvalue weighted by atomic mass is 33.2. The van der Waals surface area contributed by atoms with E-state index in [-0.39, 0.29) is 80.1 Å². The first kappa shape index (κ1) is 58.3. The summed E-state index contributed by atoms with van der Waals surface area (Å²) in [6.07, 6.45) is -8.58. The first-order chi connectivity index (χ1) is 35.6. The van der Waals surface area contributed by atoms with E-state index in [0.717, 1.165) is 21.3 Å². The largest absolute Gasteiger partial charge is 0.478 e. The number of carbonyl (C=O) groups is 2. The van der Waals surface area contributed by atoms with Crippen LogP contribution in [0.5, 0.6) is 0 Å². The molecule has 4 N–H and O–H groups in total. The summed E-state index contributed by atoms with van der Waals surface area (Å²) in [6, 6.07) is 20.9. The lowest BCUT2D eigenvalue weighted by molar-refractivity contribution is -0.148. The summed E-state index contributed by atoms with van der Waals surface area (Å²) < 4.78 is 107. The predicted octanol–water partition coefficient (Wildman–Crippen LogP) is 6.90. The van der Waals surface area contributed by atoms with E-state index in [4.69, 9.17) is 5.11 Å². The molecular weight excluding hydrogens is 1110 g/mol. The Hall–Kier alpha value is -6.99. The molecule has 0 spiro atoms. The molecule has 0 saturated carbocycles. The van der Waals surface area contributed by atoms with Crippen LogP contribution in [0.15, 0.2) is 94.5 Å². The molecule has 0 saturated heterocycles. The Kier molecular flexibility index (Phi) is 19.0. The molecule has 0 bridgehead atoms. The standard InChI is InChI=1S/C23H18F4N6O2.C16H11FN2O3.C7H9F3N4.S4.H2S/c1-12-19-29-31-22(23(25,26)27)33(19)9-8-32(12)21(35)16-10-13(6-7-17(16)24)11-18-14-4-2-3-5-15(14)20(34)30-28-18;17-13-6-5-9(7-12(13)16(21)22)8-14-10-3-1-2-4-11(10)15(20)19-18-14;1-4-5-12-13-6(7(8,9)10)14(5)3-2-11-4;1-3-4-2;/h2-7,10,12H,8-9,11H2,1H3,(H,30,34);1-7H,8H2,(H,19,20)(H,21,22);4,11H,2-3H2,1H3;;1H2. The summed E-state index contributed by atoms with van der Waals surface area (Å²) >= 11 is 8.66. The molecule has 6 heterocycles. The van der Waals surface area contributed by atoms with Gasteiger partial charge in [0, 0.05) is 89.9 Å². The number of alkyl halides is 6. The fraction of sp³-hybridized carbons (Fsp3) is 0.261. The summed E-state index contributed by atoms with van der Waals surface area (Å²) in [7, 11) is 2.34. The van der Waals surface area contributed by atoms with Crippen LogP contribution in [0.3, 0.4) is 0 Å². The van der Waals surface area contributed by atoms with Gasteiger partial charge < -0.3 is 24.5 Å². The van der Waals surface area contributed by atoms with Gasteiger partial charge in [0.1, 0.15) is 17.5 Å². The number of amides is 1. The van der Waals surface area contributed by atoms with Gasteiger partial charge in [-0.3, -0.25) is 14.4 Å². The molecule has 17 nitrogen and oxygen atoms in total. The molecule has 8 aromatic rings. The molecule has 2 unspecified atom stereocenters. The molecule has 30 heteroatoms. The first-order valence-electron chi connectivity index (χ1n) is 22.0. The Morgan fingerprint density at radius 3 is 1.58 bits per heavy atom. The Morgan fingerprint density at radius 1 is 0.658 bits per heavy atom. The van der Waals surface area contributed by atoms with Crippen molar-refractivity contribution in [2.45, 2.75) is 64.2 Å². The second kappa shape index (κ2) is 24.8. The van der Waals surface area contributed by atoms with Crippen molar-refractivity contribution >= 4 is 87.1 Å². The van der Waals surface area contributed by atoms with Crippen molar-refractivity contribution in [3.8, 4) is 0 Å². The van der Waals surface area contributed by atoms with Gasteiger partial charge in [0.05, 0.1) is 45.4 Å². The zero-order valence-electron chi connectivity index (χ0n) is 39.2. The number of carboxylic acids is 1. The van der Waals surface area contributed by atoms with E-state index in [9.17, 15) is 54.3 Å². The number of halogens is 8. The van der Waals surface area contributed by atoms with E-state index in [1.54, 1.807) is 55.5 Å². The first-order valence-corrected chi connectivity index (χ1v) is 26.0. The van der Waals surface area contributed by atoms with Gasteiger partial charge in [-0.15, -0.1) is 20.4 Å². The molecule has 0 radical (unpaired) electrons. The molecule has 2 aliphatic heterocycles. The monoisotopic (exact) mass is 1150 g/mol. The summed E-state index contributed by atoms with van der Waals surface area (Å²) in [4.78, 5) is 49.3. The van der Waals surface area contributed by atoms with Gasteiger partial charge in [0.25, 0.3) is 17.0 Å². The quantitative estimate of drug-likeness (QED) is 0.125. The highest BCUT2D eigenvalue weighted by molar-refractivity contribution is 8.51. The number of rotatable bonds is 6. The van der Waals surface area contributed by atoms with Crippen molar-refractivity contribution in [2.24, 2.45) is 0 Å². The van der Waals surface area contributed by atoms with Gasteiger partial charge in [0.15, 0.2) is 5.82 Å². The third kappa shape index (κ3) is 13.2. The Morgan fingerprint density at radius 2 is 1.11 bits per heavy atom. The minimum atomic E-state index is -4.67. The van der Waals surface area contributed by atoms with Gasteiger partial charge in [-0.25, -0.2) is 23.8 Å². The molecular formula is C46H40F8N12O5S5. The van der Waals surface area contributed by atoms with E-state index in [1.165, 1.54) is 53.9 Å². The van der Waals surface area contributed by atoms with Crippen LogP contribution >= 0.6 is 13.5 Å². The third-order valence-electron chi connectivity index (χ3n) is 11.7. The van der Waals surface area contributed by atoms with E-state index < -0.39 is 53.6 Å². The van der Waals surface area contributed by atoms with Crippen LogP contribution in [0.4, 0.5) is 35.1 Å². The number of hydrogen-bond acceptors (Lipinski definition) is 13. The summed E-state index contributed by atoms with van der Waals surface area (Å²) in [5.41, 5.74) is 1.10. The maximum Gasteiger partial charge on any atom is 0.451 e. The Bertz CT molecular complexity index is 3650. The number of aromatic carboxylic acids is 1. The van der Waals surface area contributed by atoms with Gasteiger partial charge in [-0.05, 0) is 61.4 Å². The number of aromatic amines is 2. The molecule has 2 aliphatic rings. The summed E-state index contributed by atoms with van der Waals surface area (Å²) in [5.74, 6) is -5.22. The minimum absolute atomic E-state index is 0. The number of carbonyl (C=O) groups excluding carboxylic acids is 1. The van der Waals surface area contributed by atoms with Crippen molar-refractivity contribution in [1.29, 1.82) is 0 Å². The van der Waals surface area contributed by atoms with Gasteiger partial charge in [-0.2, -0.15) is 50.0 Å². The van der Waals surface area contributed by atoms with Crippen molar-refractivity contribution in [3.63, 3.8) is 0 Å². The number of nitrogens with one attached hydrogen (secondary N) is 3.